The summed E-state index contributed by atoms with van der Waals surface area (Å²) in [6.45, 7) is 14.3. The summed E-state index contributed by atoms with van der Waals surface area (Å²) in [5.41, 5.74) is 8.52. The average Bonchev–Trinajstić information content (AvgIpc) is 4.16. The van der Waals surface area contributed by atoms with Gasteiger partial charge in [-0.05, 0) is 73.5 Å². The van der Waals surface area contributed by atoms with E-state index >= 15 is 0 Å². The van der Waals surface area contributed by atoms with Gasteiger partial charge in [0.1, 0.15) is 34.7 Å². The molecular weight excluding hydrogens is 797 g/mol. The molecule has 2 aromatic carbocycles. The zero-order chi connectivity index (χ0) is 43.5. The van der Waals surface area contributed by atoms with Gasteiger partial charge >= 0.3 is 0 Å². The minimum atomic E-state index is -0.0889. The van der Waals surface area contributed by atoms with Gasteiger partial charge in [0.25, 0.3) is 0 Å². The van der Waals surface area contributed by atoms with E-state index in [4.69, 9.17) is 9.47 Å². The lowest BCUT2D eigenvalue weighted by molar-refractivity contribution is -0.129. The number of rotatable bonds is 10. The van der Waals surface area contributed by atoms with Crippen molar-refractivity contribution < 1.29 is 23.9 Å². The summed E-state index contributed by atoms with van der Waals surface area (Å²) in [4.78, 5) is 41.4. The van der Waals surface area contributed by atoms with Crippen LogP contribution in [0.5, 0.6) is 11.5 Å². The van der Waals surface area contributed by atoms with Crippen LogP contribution in [0, 0.1) is 11.8 Å². The number of nitrogens with zero attached hydrogens (tertiary/aromatic N) is 7. The number of amides is 3. The lowest BCUT2D eigenvalue weighted by Gasteiger charge is -2.35. The van der Waals surface area contributed by atoms with Gasteiger partial charge in [0, 0.05) is 132 Å². The van der Waals surface area contributed by atoms with E-state index in [9.17, 15) is 14.4 Å². The smallest absolute Gasteiger partial charge is 0.220 e. The summed E-state index contributed by atoms with van der Waals surface area (Å²) < 4.78 is 16.4. The molecule has 0 saturated carbocycles. The second kappa shape index (κ2) is 18.4. The molecule has 63 heavy (non-hydrogen) atoms. The van der Waals surface area contributed by atoms with Crippen molar-refractivity contribution in [2.75, 3.05) is 75.2 Å². The molecule has 3 N–H and O–H groups in total. The lowest BCUT2D eigenvalue weighted by atomic mass is 10.0. The van der Waals surface area contributed by atoms with Gasteiger partial charge in [0.2, 0.25) is 17.7 Å². The number of carbonyl (C=O) groups excluding carboxylic acids is 3. The molecule has 4 fully saturated rings. The predicted molar refractivity (Wildman–Crippen MR) is 243 cm³/mol. The molecule has 0 bridgehead atoms. The molecule has 0 spiro atoms. The molecule has 4 aliphatic heterocycles. The minimum Gasteiger partial charge on any atom is -0.488 e. The standard InChI is InChI=1S/C25H29N5O3.C23H27N5O2/c1-17(20-14-25(32)26-15-20)33-24-13-21(16-30-23(24)7-8-27-30)19-3-5-22(6-4-19)29-11-9-28(10-12-29)18(2)31;1-16(18-13-23(29)25-14-18)30-22-12-19(15-28-21(22)6-7-26-28)17-2-4-20(5-3-17)27-10-8-24-9-11-27/h3-8,13,16-17,20H,9-12,14-15H2,1-2H3,(H,26,32);2-7,12,15-16,18,24H,8-11,13-14H2,1H3,(H,25,29)/t17-,20-;16-,18-/m11/s1. The van der Waals surface area contributed by atoms with Gasteiger partial charge in [-0.2, -0.15) is 10.2 Å². The quantitative estimate of drug-likeness (QED) is 0.174. The summed E-state index contributed by atoms with van der Waals surface area (Å²) in [6, 6.07) is 25.2. The van der Waals surface area contributed by atoms with E-state index in [1.54, 1.807) is 19.3 Å². The number of piperazine rings is 2. The van der Waals surface area contributed by atoms with Gasteiger partial charge in [-0.1, -0.05) is 24.3 Å². The van der Waals surface area contributed by atoms with Crippen LogP contribution in [0.3, 0.4) is 0 Å². The highest BCUT2D eigenvalue weighted by atomic mass is 16.5. The number of benzene rings is 2. The minimum absolute atomic E-state index is 0.0620. The largest absolute Gasteiger partial charge is 0.488 e. The number of fused-ring (bicyclic) bond motifs is 2. The van der Waals surface area contributed by atoms with Gasteiger partial charge in [0.15, 0.2) is 0 Å². The molecule has 15 nitrogen and oxygen atoms in total. The van der Waals surface area contributed by atoms with Gasteiger partial charge in [-0.15, -0.1) is 0 Å². The van der Waals surface area contributed by atoms with Crippen molar-refractivity contribution in [3.05, 3.63) is 97.6 Å². The summed E-state index contributed by atoms with van der Waals surface area (Å²) in [6.07, 6.45) is 8.46. The first-order chi connectivity index (χ1) is 30.6. The number of aromatic nitrogens is 4. The van der Waals surface area contributed by atoms with E-state index in [2.05, 4.69) is 96.6 Å². The van der Waals surface area contributed by atoms with E-state index in [-0.39, 0.29) is 41.8 Å². The fraction of sp³-hybridized carbons (Fsp3) is 0.396. The Hall–Kier alpha value is -6.61. The highest BCUT2D eigenvalue weighted by molar-refractivity contribution is 5.79. The van der Waals surface area contributed by atoms with Gasteiger partial charge in [-0.25, -0.2) is 9.03 Å². The van der Waals surface area contributed by atoms with Crippen LogP contribution in [-0.4, -0.2) is 120 Å². The molecule has 4 aromatic heterocycles. The third kappa shape index (κ3) is 9.43. The number of nitrogens with one attached hydrogen (secondary N) is 3. The second-order valence-electron chi connectivity index (χ2n) is 17.0. The van der Waals surface area contributed by atoms with E-state index in [0.717, 1.165) is 103 Å². The summed E-state index contributed by atoms with van der Waals surface area (Å²) >= 11 is 0. The van der Waals surface area contributed by atoms with Crippen molar-refractivity contribution in [2.45, 2.75) is 45.8 Å². The number of ether oxygens (including phenoxy) is 2. The van der Waals surface area contributed by atoms with Gasteiger partial charge in [-0.3, -0.25) is 14.4 Å². The number of hydrogen-bond donors (Lipinski definition) is 3. The van der Waals surface area contributed by atoms with E-state index in [0.29, 0.717) is 25.9 Å². The van der Waals surface area contributed by atoms with Crippen LogP contribution in [0.4, 0.5) is 11.4 Å². The third-order valence-electron chi connectivity index (χ3n) is 12.9. The van der Waals surface area contributed by atoms with Crippen LogP contribution in [0.25, 0.3) is 33.3 Å². The molecule has 3 amide bonds. The fourth-order valence-electron chi connectivity index (χ4n) is 8.94. The molecule has 4 saturated heterocycles. The van der Waals surface area contributed by atoms with Crippen LogP contribution in [0.2, 0.25) is 0 Å². The van der Waals surface area contributed by atoms with Crippen molar-refractivity contribution >= 4 is 40.1 Å². The zero-order valence-corrected chi connectivity index (χ0v) is 36.2. The molecule has 328 valence electrons. The molecular formula is C48H56N10O5. The molecule has 15 heteroatoms. The first-order valence-corrected chi connectivity index (χ1v) is 22.1. The Bertz CT molecular complexity index is 2560. The molecule has 8 heterocycles. The fourth-order valence-corrected chi connectivity index (χ4v) is 8.94. The van der Waals surface area contributed by atoms with Crippen molar-refractivity contribution in [3.8, 4) is 33.8 Å². The molecule has 6 aromatic rings. The van der Waals surface area contributed by atoms with Crippen molar-refractivity contribution in [3.63, 3.8) is 0 Å². The van der Waals surface area contributed by atoms with E-state index in [1.165, 1.54) is 5.69 Å². The Morgan fingerprint density at radius 3 is 1.48 bits per heavy atom. The predicted octanol–water partition coefficient (Wildman–Crippen LogP) is 4.89. The van der Waals surface area contributed by atoms with Crippen molar-refractivity contribution in [1.29, 1.82) is 0 Å². The topological polar surface area (TPSA) is 150 Å². The van der Waals surface area contributed by atoms with E-state index in [1.807, 2.05) is 52.3 Å². The SMILES string of the molecule is CC(=O)N1CCN(c2ccc(-c3cc(O[C@H](C)[C@H]4CNC(=O)C4)c4ccnn4c3)cc2)CC1.C[C@@H](Oc1cc(-c2ccc(N3CCNCC3)cc2)cn2nccc12)[C@H]1CNC(=O)C1. The summed E-state index contributed by atoms with van der Waals surface area (Å²) in [7, 11) is 0. The number of hydrogen-bond acceptors (Lipinski definition) is 10. The Kier molecular flexibility index (Phi) is 12.2. The molecule has 4 atom stereocenters. The maximum absolute atomic E-state index is 11.6. The number of pyridine rings is 2. The first-order valence-electron chi connectivity index (χ1n) is 22.1. The number of anilines is 2. The van der Waals surface area contributed by atoms with E-state index < -0.39 is 0 Å². The lowest BCUT2D eigenvalue weighted by Crippen LogP contribution is -2.48. The van der Waals surface area contributed by atoms with Crippen molar-refractivity contribution in [2.24, 2.45) is 11.8 Å². The number of carbonyl (C=O) groups is 3. The molecule has 0 aliphatic carbocycles. The van der Waals surface area contributed by atoms with Crippen LogP contribution in [-0.2, 0) is 14.4 Å². The first kappa shape index (κ1) is 41.7. The van der Waals surface area contributed by atoms with Crippen LogP contribution in [0.1, 0.15) is 33.6 Å². The monoisotopic (exact) mass is 852 g/mol. The zero-order valence-electron chi connectivity index (χ0n) is 36.2. The van der Waals surface area contributed by atoms with Gasteiger partial charge in [0.05, 0.1) is 12.4 Å². The maximum atomic E-state index is 11.6. The second-order valence-corrected chi connectivity index (χ2v) is 17.0. The molecule has 4 aliphatic rings. The molecule has 10 rings (SSSR count). The molecule has 0 radical (unpaired) electrons. The van der Waals surface area contributed by atoms with Crippen LogP contribution < -0.4 is 35.2 Å². The Balaban J connectivity index is 0.000000161. The molecule has 0 unspecified atom stereocenters. The highest BCUT2D eigenvalue weighted by Crippen LogP contribution is 2.33. The third-order valence-corrected chi connectivity index (χ3v) is 12.9. The van der Waals surface area contributed by atoms with Crippen LogP contribution in [0.15, 0.2) is 97.6 Å². The summed E-state index contributed by atoms with van der Waals surface area (Å²) in [5.74, 6) is 2.23. The maximum Gasteiger partial charge on any atom is 0.220 e. The highest BCUT2D eigenvalue weighted by Gasteiger charge is 2.30. The Morgan fingerprint density at radius 2 is 1.06 bits per heavy atom. The van der Waals surface area contributed by atoms with Crippen LogP contribution >= 0.6 is 0 Å². The van der Waals surface area contributed by atoms with Crippen molar-refractivity contribution in [1.82, 2.24) is 40.1 Å². The normalized spacial score (nSPS) is 20.0. The van der Waals surface area contributed by atoms with Gasteiger partial charge < -0.3 is 40.1 Å². The average molecular weight is 853 g/mol. The Morgan fingerprint density at radius 1 is 0.619 bits per heavy atom. The summed E-state index contributed by atoms with van der Waals surface area (Å²) in [5, 5.41) is 18.0. The Labute approximate surface area is 367 Å².